The van der Waals surface area contributed by atoms with E-state index < -0.39 is 0 Å². The fraction of sp³-hybridized carbons (Fsp3) is 0.526. The predicted molar refractivity (Wildman–Crippen MR) is 97.3 cm³/mol. The van der Waals surface area contributed by atoms with Crippen LogP contribution in [0.1, 0.15) is 31.1 Å². The Bertz CT molecular complexity index is 748. The number of nitrogens with one attached hydrogen (secondary N) is 1. The average molecular weight is 347 g/mol. The minimum Gasteiger partial charge on any atom is -0.459 e. The molecule has 0 radical (unpaired) electrons. The zero-order valence-corrected chi connectivity index (χ0v) is 15.1. The molecule has 3 rings (SSSR count). The van der Waals surface area contributed by atoms with Gasteiger partial charge in [-0.15, -0.1) is 0 Å². The van der Waals surface area contributed by atoms with Gasteiger partial charge in [0.15, 0.2) is 5.96 Å². The minimum atomic E-state index is -0.246. The van der Waals surface area contributed by atoms with E-state index in [1.54, 1.807) is 13.1 Å². The summed E-state index contributed by atoms with van der Waals surface area (Å²) in [7, 11) is 1.79. The zero-order chi connectivity index (χ0) is 17.8. The van der Waals surface area contributed by atoms with E-state index in [4.69, 9.17) is 9.15 Å². The maximum absolute atomic E-state index is 13.4. The number of fused-ring (bicyclic) bond motifs is 1. The van der Waals surface area contributed by atoms with Gasteiger partial charge in [0.05, 0.1) is 12.6 Å². The SMILES string of the molecule is CCOC1CCN(C(=NC)NCc2oc3ccc(F)cc3c2C)CC1. The van der Waals surface area contributed by atoms with Crippen LogP contribution in [0, 0.1) is 12.7 Å². The molecule has 25 heavy (non-hydrogen) atoms. The van der Waals surface area contributed by atoms with Crippen molar-refractivity contribution in [3.05, 3.63) is 35.3 Å². The molecule has 2 aromatic rings. The molecule has 5 nitrogen and oxygen atoms in total. The Kier molecular flexibility index (Phi) is 5.58. The van der Waals surface area contributed by atoms with Gasteiger partial charge < -0.3 is 19.4 Å². The van der Waals surface area contributed by atoms with Crippen molar-refractivity contribution < 1.29 is 13.5 Å². The molecular formula is C19H26FN3O2. The number of piperidine rings is 1. The van der Waals surface area contributed by atoms with Crippen LogP contribution in [0.15, 0.2) is 27.6 Å². The molecule has 0 saturated carbocycles. The van der Waals surface area contributed by atoms with Crippen LogP contribution in [0.25, 0.3) is 11.0 Å². The van der Waals surface area contributed by atoms with Gasteiger partial charge in [-0.1, -0.05) is 0 Å². The van der Waals surface area contributed by atoms with Crippen molar-refractivity contribution in [2.24, 2.45) is 4.99 Å². The molecule has 1 saturated heterocycles. The van der Waals surface area contributed by atoms with Gasteiger partial charge in [-0.2, -0.15) is 0 Å². The highest BCUT2D eigenvalue weighted by atomic mass is 19.1. The third-order valence-electron chi connectivity index (χ3n) is 4.76. The quantitative estimate of drug-likeness (QED) is 0.680. The Morgan fingerprint density at radius 2 is 2.16 bits per heavy atom. The normalized spacial score (nSPS) is 16.6. The number of rotatable bonds is 4. The minimum absolute atomic E-state index is 0.246. The molecule has 1 aliphatic heterocycles. The molecule has 1 aromatic carbocycles. The summed E-state index contributed by atoms with van der Waals surface area (Å²) in [6.45, 7) is 7.14. The van der Waals surface area contributed by atoms with Crippen molar-refractivity contribution in [2.75, 3.05) is 26.7 Å². The molecule has 1 N–H and O–H groups in total. The predicted octanol–water partition coefficient (Wildman–Crippen LogP) is 3.46. The van der Waals surface area contributed by atoms with Crippen LogP contribution in [0.3, 0.4) is 0 Å². The Morgan fingerprint density at radius 1 is 1.40 bits per heavy atom. The van der Waals surface area contributed by atoms with Gasteiger partial charge in [-0.3, -0.25) is 4.99 Å². The Labute approximate surface area is 147 Å². The summed E-state index contributed by atoms with van der Waals surface area (Å²) in [6.07, 6.45) is 2.38. The highest BCUT2D eigenvalue weighted by Crippen LogP contribution is 2.26. The smallest absolute Gasteiger partial charge is 0.194 e. The van der Waals surface area contributed by atoms with Crippen molar-refractivity contribution in [3.63, 3.8) is 0 Å². The highest BCUT2D eigenvalue weighted by molar-refractivity contribution is 5.83. The summed E-state index contributed by atoms with van der Waals surface area (Å²) < 4.78 is 25.0. The Hall–Kier alpha value is -2.08. The van der Waals surface area contributed by atoms with Gasteiger partial charge in [-0.05, 0) is 44.9 Å². The van der Waals surface area contributed by atoms with Crippen molar-refractivity contribution in [1.29, 1.82) is 0 Å². The molecule has 1 fully saturated rings. The maximum Gasteiger partial charge on any atom is 0.194 e. The number of nitrogens with zero attached hydrogens (tertiary/aromatic N) is 2. The Morgan fingerprint density at radius 3 is 2.84 bits per heavy atom. The van der Waals surface area contributed by atoms with Gasteiger partial charge in [0, 0.05) is 37.7 Å². The van der Waals surface area contributed by atoms with E-state index in [2.05, 4.69) is 15.2 Å². The second-order valence-corrected chi connectivity index (χ2v) is 6.33. The molecule has 1 aromatic heterocycles. The largest absolute Gasteiger partial charge is 0.459 e. The first-order valence-corrected chi connectivity index (χ1v) is 8.87. The first kappa shape index (κ1) is 17.7. The van der Waals surface area contributed by atoms with Crippen LogP contribution in [0.2, 0.25) is 0 Å². The van der Waals surface area contributed by atoms with Crippen LogP contribution < -0.4 is 5.32 Å². The standard InChI is InChI=1S/C19H26FN3O2/c1-4-24-15-7-9-23(10-8-15)19(21-3)22-12-18-13(2)16-11-14(20)5-6-17(16)25-18/h5-6,11,15H,4,7-10,12H2,1-3H3,(H,21,22). The van der Waals surface area contributed by atoms with E-state index in [1.807, 2.05) is 13.8 Å². The summed E-state index contributed by atoms with van der Waals surface area (Å²) in [4.78, 5) is 6.63. The summed E-state index contributed by atoms with van der Waals surface area (Å²) in [5.74, 6) is 1.43. The van der Waals surface area contributed by atoms with E-state index in [0.717, 1.165) is 55.2 Å². The first-order chi connectivity index (χ1) is 12.1. The molecule has 136 valence electrons. The molecule has 6 heteroatoms. The summed E-state index contributed by atoms with van der Waals surface area (Å²) in [5, 5.41) is 4.19. The molecule has 2 heterocycles. The fourth-order valence-corrected chi connectivity index (χ4v) is 3.37. The van der Waals surface area contributed by atoms with E-state index in [0.29, 0.717) is 18.2 Å². The number of benzene rings is 1. The molecule has 0 bridgehead atoms. The van der Waals surface area contributed by atoms with Gasteiger partial charge in [0.25, 0.3) is 0 Å². The third-order valence-corrected chi connectivity index (χ3v) is 4.76. The van der Waals surface area contributed by atoms with Crippen LogP contribution in [-0.2, 0) is 11.3 Å². The molecule has 0 amide bonds. The maximum atomic E-state index is 13.4. The molecule has 0 aliphatic carbocycles. The van der Waals surface area contributed by atoms with Gasteiger partial charge in [0.1, 0.15) is 17.2 Å². The lowest BCUT2D eigenvalue weighted by Crippen LogP contribution is -2.46. The van der Waals surface area contributed by atoms with Crippen molar-refractivity contribution in [2.45, 2.75) is 39.3 Å². The van der Waals surface area contributed by atoms with Crippen molar-refractivity contribution in [1.82, 2.24) is 10.2 Å². The molecule has 1 aliphatic rings. The summed E-state index contributed by atoms with van der Waals surface area (Å²) in [5.41, 5.74) is 1.68. The van der Waals surface area contributed by atoms with E-state index in [1.165, 1.54) is 12.1 Å². The number of halogens is 1. The van der Waals surface area contributed by atoms with Crippen molar-refractivity contribution in [3.8, 4) is 0 Å². The van der Waals surface area contributed by atoms with Crippen molar-refractivity contribution >= 4 is 16.9 Å². The highest BCUT2D eigenvalue weighted by Gasteiger charge is 2.22. The number of likely N-dealkylation sites (tertiary alicyclic amines) is 1. The second-order valence-electron chi connectivity index (χ2n) is 6.33. The molecule has 0 spiro atoms. The fourth-order valence-electron chi connectivity index (χ4n) is 3.37. The first-order valence-electron chi connectivity index (χ1n) is 8.87. The van der Waals surface area contributed by atoms with Crippen LogP contribution in [-0.4, -0.2) is 43.7 Å². The van der Waals surface area contributed by atoms with Gasteiger partial charge in [-0.25, -0.2) is 4.39 Å². The number of hydrogen-bond donors (Lipinski definition) is 1. The topological polar surface area (TPSA) is 50.0 Å². The number of aryl methyl sites for hydroxylation is 1. The number of guanidine groups is 1. The van der Waals surface area contributed by atoms with Crippen LogP contribution in [0.4, 0.5) is 4.39 Å². The molecule has 0 unspecified atom stereocenters. The average Bonchev–Trinajstić information content (AvgIpc) is 2.93. The van der Waals surface area contributed by atoms with E-state index in [-0.39, 0.29) is 5.82 Å². The molecular weight excluding hydrogens is 321 g/mol. The van der Waals surface area contributed by atoms with Gasteiger partial charge in [0.2, 0.25) is 0 Å². The monoisotopic (exact) mass is 347 g/mol. The summed E-state index contributed by atoms with van der Waals surface area (Å²) in [6, 6.07) is 4.61. The number of furan rings is 1. The molecule has 0 atom stereocenters. The van der Waals surface area contributed by atoms with Gasteiger partial charge >= 0.3 is 0 Å². The number of aliphatic imine (C=N–C) groups is 1. The number of ether oxygens (including phenoxy) is 1. The number of hydrogen-bond acceptors (Lipinski definition) is 3. The third kappa shape index (κ3) is 3.95. The van der Waals surface area contributed by atoms with Crippen LogP contribution in [0.5, 0.6) is 0 Å². The lowest BCUT2D eigenvalue weighted by atomic mass is 10.1. The summed E-state index contributed by atoms with van der Waals surface area (Å²) >= 11 is 0. The lowest BCUT2D eigenvalue weighted by molar-refractivity contribution is 0.0263. The van der Waals surface area contributed by atoms with Crippen LogP contribution >= 0.6 is 0 Å². The van der Waals surface area contributed by atoms with E-state index >= 15 is 0 Å². The van der Waals surface area contributed by atoms with E-state index in [9.17, 15) is 4.39 Å². The Balaban J connectivity index is 1.63. The second kappa shape index (κ2) is 7.87. The lowest BCUT2D eigenvalue weighted by Gasteiger charge is -2.33. The zero-order valence-electron chi connectivity index (χ0n) is 15.1.